The van der Waals surface area contributed by atoms with Crippen molar-refractivity contribution in [2.45, 2.75) is 0 Å². The lowest BCUT2D eigenvalue weighted by molar-refractivity contribution is 1.11. The van der Waals surface area contributed by atoms with Crippen LogP contribution in [0.25, 0.3) is 33.5 Å². The summed E-state index contributed by atoms with van der Waals surface area (Å²) in [5.41, 5.74) is 5.34. The lowest BCUT2D eigenvalue weighted by atomic mass is 10.2. The Morgan fingerprint density at radius 3 is 2.46 bits per heavy atom. The van der Waals surface area contributed by atoms with Gasteiger partial charge in [0.1, 0.15) is 0 Å². The summed E-state index contributed by atoms with van der Waals surface area (Å²) in [6.45, 7) is 0. The van der Waals surface area contributed by atoms with E-state index >= 15 is 0 Å². The molecule has 0 atom stereocenters. The molecule has 5 rings (SSSR count). The lowest BCUT2D eigenvalue weighted by Crippen LogP contribution is -1.94. The monoisotopic (exact) mass is 395 g/mol. The van der Waals surface area contributed by atoms with E-state index in [2.05, 4.69) is 49.2 Å². The molecular formula is C19H11BrClN3. The number of rotatable bonds is 1. The summed E-state index contributed by atoms with van der Waals surface area (Å²) >= 11 is 9.64. The van der Waals surface area contributed by atoms with E-state index in [1.807, 2.05) is 42.5 Å². The molecule has 0 radical (unpaired) electrons. The van der Waals surface area contributed by atoms with E-state index in [1.54, 1.807) is 0 Å². The van der Waals surface area contributed by atoms with Crippen molar-refractivity contribution in [1.29, 1.82) is 0 Å². The van der Waals surface area contributed by atoms with Crippen LogP contribution < -0.4 is 0 Å². The first-order valence-corrected chi connectivity index (χ1v) is 8.72. The highest BCUT2D eigenvalue weighted by Crippen LogP contribution is 2.31. The van der Waals surface area contributed by atoms with Crippen molar-refractivity contribution in [3.05, 3.63) is 76.2 Å². The second-order valence-corrected chi connectivity index (χ2v) is 7.03. The zero-order valence-corrected chi connectivity index (χ0v) is 14.8. The van der Waals surface area contributed by atoms with E-state index in [1.165, 1.54) is 0 Å². The summed E-state index contributed by atoms with van der Waals surface area (Å²) in [7, 11) is 0. The van der Waals surface area contributed by atoms with Crippen LogP contribution in [0.5, 0.6) is 0 Å². The molecule has 2 heterocycles. The van der Waals surface area contributed by atoms with Gasteiger partial charge >= 0.3 is 0 Å². The fourth-order valence-corrected chi connectivity index (χ4v) is 3.69. The van der Waals surface area contributed by atoms with Crippen molar-refractivity contribution in [2.24, 2.45) is 0 Å². The van der Waals surface area contributed by atoms with Gasteiger partial charge in [0.05, 0.1) is 22.1 Å². The van der Waals surface area contributed by atoms with Gasteiger partial charge in [-0.3, -0.25) is 8.97 Å². The first kappa shape index (κ1) is 14.1. The Hall–Kier alpha value is -2.30. The maximum Gasteiger partial charge on any atom is 0.220 e. The van der Waals surface area contributed by atoms with Crippen molar-refractivity contribution in [3.8, 4) is 5.69 Å². The molecule has 24 heavy (non-hydrogen) atoms. The number of nitrogens with zero attached hydrogens (tertiary/aromatic N) is 3. The summed E-state index contributed by atoms with van der Waals surface area (Å²) in [5.74, 6) is 0.895. The molecule has 5 heteroatoms. The van der Waals surface area contributed by atoms with Crippen LogP contribution in [0.2, 0.25) is 5.02 Å². The molecule has 0 amide bonds. The largest absolute Gasteiger partial charge is 0.278 e. The zero-order valence-electron chi connectivity index (χ0n) is 12.4. The van der Waals surface area contributed by atoms with Gasteiger partial charge in [0.2, 0.25) is 5.78 Å². The number of para-hydroxylation sites is 2. The SMILES string of the molecule is Clc1ccc(-n2c3ccc(Br)cc3n3c4ccccc4nc23)cc1. The minimum absolute atomic E-state index is 0.725. The number of hydrogen-bond acceptors (Lipinski definition) is 1. The maximum atomic E-state index is 6.06. The van der Waals surface area contributed by atoms with Gasteiger partial charge in [-0.05, 0) is 54.6 Å². The molecule has 3 nitrogen and oxygen atoms in total. The molecule has 0 aliphatic carbocycles. The summed E-state index contributed by atoms with van der Waals surface area (Å²) in [6.07, 6.45) is 0. The molecule has 2 aromatic heterocycles. The van der Waals surface area contributed by atoms with Gasteiger partial charge in [0, 0.05) is 15.2 Å². The number of benzene rings is 3. The number of aromatic nitrogens is 3. The van der Waals surface area contributed by atoms with Crippen molar-refractivity contribution < 1.29 is 0 Å². The third-order valence-electron chi connectivity index (χ3n) is 4.25. The fraction of sp³-hybridized carbons (Fsp3) is 0. The Bertz CT molecular complexity index is 1220. The van der Waals surface area contributed by atoms with Crippen molar-refractivity contribution >= 4 is 55.4 Å². The fourth-order valence-electron chi connectivity index (χ4n) is 3.22. The standard InChI is InChI=1S/C19H11BrClN3/c20-12-5-10-17-18(11-12)24-16-4-2-1-3-15(16)22-19(24)23(17)14-8-6-13(21)7-9-14/h1-11H. The second kappa shape index (κ2) is 5.10. The van der Waals surface area contributed by atoms with Crippen LogP contribution in [0, 0.1) is 0 Å². The summed E-state index contributed by atoms with van der Waals surface area (Å²) in [6, 6.07) is 22.3. The lowest BCUT2D eigenvalue weighted by Gasteiger charge is -2.05. The normalized spacial score (nSPS) is 11.8. The summed E-state index contributed by atoms with van der Waals surface area (Å²) < 4.78 is 5.41. The van der Waals surface area contributed by atoms with Crippen molar-refractivity contribution in [3.63, 3.8) is 0 Å². The van der Waals surface area contributed by atoms with E-state index in [4.69, 9.17) is 16.6 Å². The molecule has 0 saturated carbocycles. The molecule has 0 bridgehead atoms. The van der Waals surface area contributed by atoms with E-state index in [0.717, 1.165) is 43.0 Å². The zero-order chi connectivity index (χ0) is 16.3. The van der Waals surface area contributed by atoms with Gasteiger partial charge in [-0.15, -0.1) is 0 Å². The van der Waals surface area contributed by atoms with E-state index in [0.29, 0.717) is 0 Å². The Morgan fingerprint density at radius 2 is 1.62 bits per heavy atom. The molecule has 0 aliphatic heterocycles. The van der Waals surface area contributed by atoms with Crippen molar-refractivity contribution in [1.82, 2.24) is 14.0 Å². The molecule has 5 aromatic rings. The van der Waals surface area contributed by atoms with Gasteiger partial charge < -0.3 is 0 Å². The average Bonchev–Trinajstić information content (AvgIpc) is 3.10. The van der Waals surface area contributed by atoms with E-state index < -0.39 is 0 Å². The Balaban J connectivity index is 2.02. The van der Waals surface area contributed by atoms with E-state index in [-0.39, 0.29) is 0 Å². The third kappa shape index (κ3) is 1.93. The molecule has 0 N–H and O–H groups in total. The Labute approximate surface area is 151 Å². The second-order valence-electron chi connectivity index (χ2n) is 5.68. The van der Waals surface area contributed by atoms with Gasteiger partial charge in [0.15, 0.2) is 0 Å². The quantitative estimate of drug-likeness (QED) is 0.348. The number of imidazole rings is 2. The predicted molar refractivity (Wildman–Crippen MR) is 102 cm³/mol. The molecule has 0 spiro atoms. The Morgan fingerprint density at radius 1 is 0.833 bits per heavy atom. The highest BCUT2D eigenvalue weighted by molar-refractivity contribution is 9.10. The first-order valence-electron chi connectivity index (χ1n) is 7.55. The summed E-state index contributed by atoms with van der Waals surface area (Å²) in [5, 5.41) is 0.725. The minimum Gasteiger partial charge on any atom is -0.278 e. The van der Waals surface area contributed by atoms with Crippen LogP contribution in [-0.4, -0.2) is 14.0 Å². The molecular weight excluding hydrogens is 386 g/mol. The molecule has 0 saturated heterocycles. The van der Waals surface area contributed by atoms with Crippen molar-refractivity contribution in [2.75, 3.05) is 0 Å². The van der Waals surface area contributed by atoms with Crippen LogP contribution in [0.3, 0.4) is 0 Å². The van der Waals surface area contributed by atoms with Crippen LogP contribution in [0.4, 0.5) is 0 Å². The minimum atomic E-state index is 0.725. The molecule has 0 fully saturated rings. The maximum absolute atomic E-state index is 6.06. The van der Waals surface area contributed by atoms with Crippen LogP contribution in [-0.2, 0) is 0 Å². The smallest absolute Gasteiger partial charge is 0.220 e. The van der Waals surface area contributed by atoms with Gasteiger partial charge in [-0.1, -0.05) is 39.7 Å². The number of fused-ring (bicyclic) bond motifs is 5. The average molecular weight is 397 g/mol. The van der Waals surface area contributed by atoms with E-state index in [9.17, 15) is 0 Å². The summed E-state index contributed by atoms with van der Waals surface area (Å²) in [4.78, 5) is 4.86. The first-order chi connectivity index (χ1) is 11.7. The van der Waals surface area contributed by atoms with Gasteiger partial charge in [-0.2, -0.15) is 0 Å². The number of halogens is 2. The molecule has 3 aromatic carbocycles. The van der Waals surface area contributed by atoms with Crippen LogP contribution >= 0.6 is 27.5 Å². The van der Waals surface area contributed by atoms with Crippen LogP contribution in [0.1, 0.15) is 0 Å². The third-order valence-corrected chi connectivity index (χ3v) is 4.99. The van der Waals surface area contributed by atoms with Gasteiger partial charge in [0.25, 0.3) is 0 Å². The Kier molecular flexibility index (Phi) is 2.99. The topological polar surface area (TPSA) is 22.2 Å². The molecule has 0 unspecified atom stereocenters. The number of hydrogen-bond donors (Lipinski definition) is 0. The highest BCUT2D eigenvalue weighted by atomic mass is 79.9. The molecule has 116 valence electrons. The van der Waals surface area contributed by atoms with Crippen LogP contribution in [0.15, 0.2) is 71.2 Å². The highest BCUT2D eigenvalue weighted by Gasteiger charge is 2.16. The van der Waals surface area contributed by atoms with Gasteiger partial charge in [-0.25, -0.2) is 4.98 Å². The molecule has 0 aliphatic rings. The predicted octanol–water partition coefficient (Wildman–Crippen LogP) is 5.85.